The van der Waals surface area contributed by atoms with Gasteiger partial charge in [0.15, 0.2) is 0 Å². The first-order valence-corrected chi connectivity index (χ1v) is 12.0. The van der Waals surface area contributed by atoms with Gasteiger partial charge in [-0.2, -0.15) is 0 Å². The summed E-state index contributed by atoms with van der Waals surface area (Å²) in [6, 6.07) is 15.9. The maximum absolute atomic E-state index is 6.59. The Labute approximate surface area is 187 Å². The van der Waals surface area contributed by atoms with Crippen molar-refractivity contribution in [3.63, 3.8) is 0 Å². The van der Waals surface area contributed by atoms with Crippen LogP contribution < -0.4 is 5.46 Å². The highest BCUT2D eigenvalue weighted by Crippen LogP contribution is 2.60. The standard InChI is InChI=1S/C28H33BO2/c1-18-15-19-13-14-28(20(16-18)17-19)23-11-7-6-9-21(23)22-10-8-12-24(25(22)28)29-30-26(2,3)27(4,5)31-29/h6-12,16,18-19H,13-15,17H2,1-5H3. The summed E-state index contributed by atoms with van der Waals surface area (Å²) in [4.78, 5) is 0. The van der Waals surface area contributed by atoms with E-state index in [1.54, 1.807) is 5.57 Å². The molecule has 160 valence electrons. The second-order valence-electron chi connectivity index (χ2n) is 11.3. The normalized spacial score (nSPS) is 32.0. The molecule has 3 aliphatic carbocycles. The monoisotopic (exact) mass is 412 g/mol. The second kappa shape index (κ2) is 6.36. The zero-order chi connectivity index (χ0) is 21.6. The zero-order valence-electron chi connectivity index (χ0n) is 19.5. The van der Waals surface area contributed by atoms with E-state index < -0.39 is 0 Å². The van der Waals surface area contributed by atoms with Gasteiger partial charge in [-0.25, -0.2) is 0 Å². The molecule has 1 saturated heterocycles. The summed E-state index contributed by atoms with van der Waals surface area (Å²) in [5.74, 6) is 1.49. The Morgan fingerprint density at radius 2 is 1.61 bits per heavy atom. The fraction of sp³-hybridized carbons (Fsp3) is 0.500. The molecule has 1 heterocycles. The molecule has 2 aromatic rings. The van der Waals surface area contributed by atoms with Crippen LogP contribution in [0.3, 0.4) is 0 Å². The lowest BCUT2D eigenvalue weighted by Gasteiger charge is -2.46. The van der Waals surface area contributed by atoms with Crippen molar-refractivity contribution in [1.29, 1.82) is 0 Å². The highest BCUT2D eigenvalue weighted by atomic mass is 16.7. The van der Waals surface area contributed by atoms with E-state index in [0.29, 0.717) is 5.92 Å². The molecule has 3 atom stereocenters. The molecule has 4 aliphatic rings. The number of hydrogen-bond donors (Lipinski definition) is 0. The number of allylic oxidation sites excluding steroid dienone is 2. The lowest BCUT2D eigenvalue weighted by molar-refractivity contribution is 0.00578. The van der Waals surface area contributed by atoms with E-state index in [0.717, 1.165) is 5.92 Å². The van der Waals surface area contributed by atoms with Gasteiger partial charge in [0.1, 0.15) is 0 Å². The van der Waals surface area contributed by atoms with Crippen molar-refractivity contribution < 1.29 is 9.31 Å². The maximum atomic E-state index is 6.59. The number of fused-ring (bicyclic) bond motifs is 8. The SMILES string of the molecule is CC1C=C2CC(CCC23c2ccccc2-c2cccc(B4OC(C)(C)C(C)(C)O4)c23)C1. The van der Waals surface area contributed by atoms with Crippen molar-refractivity contribution in [3.05, 3.63) is 65.2 Å². The Morgan fingerprint density at radius 3 is 2.39 bits per heavy atom. The van der Waals surface area contributed by atoms with Crippen LogP contribution in [-0.2, 0) is 14.7 Å². The highest BCUT2D eigenvalue weighted by Gasteiger charge is 2.56. The van der Waals surface area contributed by atoms with Gasteiger partial charge >= 0.3 is 7.12 Å². The predicted octanol–water partition coefficient (Wildman–Crippen LogP) is 6.02. The van der Waals surface area contributed by atoms with Crippen LogP contribution in [0.2, 0.25) is 0 Å². The Balaban J connectivity index is 1.60. The molecule has 2 fully saturated rings. The Hall–Kier alpha value is -1.84. The van der Waals surface area contributed by atoms with Crippen LogP contribution >= 0.6 is 0 Å². The van der Waals surface area contributed by atoms with E-state index in [1.165, 1.54) is 53.4 Å². The van der Waals surface area contributed by atoms with E-state index in [-0.39, 0.29) is 23.7 Å². The Kier molecular flexibility index (Phi) is 4.07. The van der Waals surface area contributed by atoms with Crippen LogP contribution in [0, 0.1) is 11.8 Å². The van der Waals surface area contributed by atoms with Crippen molar-refractivity contribution in [2.45, 2.75) is 76.9 Å². The van der Waals surface area contributed by atoms with Gasteiger partial charge in [0, 0.05) is 5.41 Å². The van der Waals surface area contributed by atoms with Crippen molar-refractivity contribution in [3.8, 4) is 11.1 Å². The molecule has 2 aromatic carbocycles. The lowest BCUT2D eigenvalue weighted by Crippen LogP contribution is -2.45. The molecular weight excluding hydrogens is 379 g/mol. The summed E-state index contributed by atoms with van der Waals surface area (Å²) in [5, 5.41) is 0. The molecule has 0 aromatic heterocycles. The molecule has 6 rings (SSSR count). The van der Waals surface area contributed by atoms with Gasteiger partial charge < -0.3 is 9.31 Å². The van der Waals surface area contributed by atoms with Gasteiger partial charge in [0.2, 0.25) is 0 Å². The van der Waals surface area contributed by atoms with E-state index in [4.69, 9.17) is 9.31 Å². The topological polar surface area (TPSA) is 18.5 Å². The molecule has 3 unspecified atom stereocenters. The van der Waals surface area contributed by atoms with Crippen molar-refractivity contribution in [2.24, 2.45) is 11.8 Å². The summed E-state index contributed by atoms with van der Waals surface area (Å²) < 4.78 is 13.2. The smallest absolute Gasteiger partial charge is 0.399 e. The highest BCUT2D eigenvalue weighted by molar-refractivity contribution is 6.63. The third kappa shape index (κ3) is 2.60. The largest absolute Gasteiger partial charge is 0.495 e. The molecule has 0 N–H and O–H groups in total. The molecule has 0 amide bonds. The number of rotatable bonds is 1. The Bertz CT molecular complexity index is 1080. The van der Waals surface area contributed by atoms with Gasteiger partial charge in [-0.15, -0.1) is 0 Å². The average molecular weight is 412 g/mol. The third-order valence-corrected chi connectivity index (χ3v) is 8.88. The van der Waals surface area contributed by atoms with Crippen molar-refractivity contribution in [2.75, 3.05) is 0 Å². The van der Waals surface area contributed by atoms with Crippen LogP contribution in [-0.4, -0.2) is 18.3 Å². The van der Waals surface area contributed by atoms with E-state index in [1.807, 2.05) is 0 Å². The average Bonchev–Trinajstić information content (AvgIpc) is 3.13. The summed E-state index contributed by atoms with van der Waals surface area (Å²) >= 11 is 0. The minimum Gasteiger partial charge on any atom is -0.399 e. The molecular formula is C28H33BO2. The second-order valence-corrected chi connectivity index (χ2v) is 11.3. The first kappa shape index (κ1) is 19.8. The quantitative estimate of drug-likeness (QED) is 0.421. The molecule has 1 saturated carbocycles. The minimum absolute atomic E-state index is 0.0305. The van der Waals surface area contributed by atoms with Crippen molar-refractivity contribution in [1.82, 2.24) is 0 Å². The molecule has 0 radical (unpaired) electrons. The number of hydrogen-bond acceptors (Lipinski definition) is 2. The summed E-state index contributed by atoms with van der Waals surface area (Å²) in [6.07, 6.45) is 7.66. The predicted molar refractivity (Wildman–Crippen MR) is 128 cm³/mol. The Morgan fingerprint density at radius 1 is 0.903 bits per heavy atom. The maximum Gasteiger partial charge on any atom is 0.495 e. The molecule has 1 aliphatic heterocycles. The molecule has 1 spiro atoms. The third-order valence-electron chi connectivity index (χ3n) is 8.88. The van der Waals surface area contributed by atoms with E-state index in [2.05, 4.69) is 83.2 Å². The van der Waals surface area contributed by atoms with E-state index in [9.17, 15) is 0 Å². The first-order valence-electron chi connectivity index (χ1n) is 12.0. The minimum atomic E-state index is -0.338. The van der Waals surface area contributed by atoms with Gasteiger partial charge in [0.05, 0.1) is 11.2 Å². The number of benzene rings is 2. The van der Waals surface area contributed by atoms with Crippen LogP contribution in [0.25, 0.3) is 11.1 Å². The lowest BCUT2D eigenvalue weighted by atomic mass is 9.56. The summed E-state index contributed by atoms with van der Waals surface area (Å²) in [6.45, 7) is 11.0. The van der Waals surface area contributed by atoms with Gasteiger partial charge in [0.25, 0.3) is 0 Å². The zero-order valence-corrected chi connectivity index (χ0v) is 19.5. The van der Waals surface area contributed by atoms with E-state index >= 15 is 0 Å². The van der Waals surface area contributed by atoms with Crippen molar-refractivity contribution >= 4 is 12.6 Å². The van der Waals surface area contributed by atoms with Gasteiger partial charge in [-0.1, -0.05) is 61.0 Å². The molecule has 31 heavy (non-hydrogen) atoms. The summed E-state index contributed by atoms with van der Waals surface area (Å²) in [7, 11) is -0.328. The van der Waals surface area contributed by atoms with Crippen LogP contribution in [0.1, 0.15) is 71.4 Å². The van der Waals surface area contributed by atoms with Crippen LogP contribution in [0.15, 0.2) is 54.1 Å². The fourth-order valence-corrected chi connectivity index (χ4v) is 6.77. The van der Waals surface area contributed by atoms with Crippen LogP contribution in [0.4, 0.5) is 0 Å². The molecule has 2 bridgehead atoms. The first-order chi connectivity index (χ1) is 14.7. The fourth-order valence-electron chi connectivity index (χ4n) is 6.77. The summed E-state index contributed by atoms with van der Waals surface area (Å²) in [5.41, 5.74) is 7.87. The van der Waals surface area contributed by atoms with Crippen LogP contribution in [0.5, 0.6) is 0 Å². The molecule has 2 nitrogen and oxygen atoms in total. The van der Waals surface area contributed by atoms with Gasteiger partial charge in [-0.05, 0) is 92.9 Å². The van der Waals surface area contributed by atoms with Gasteiger partial charge in [-0.3, -0.25) is 0 Å². The molecule has 3 heteroatoms.